The van der Waals surface area contributed by atoms with Crippen LogP contribution in [0, 0.1) is 5.92 Å². The molecule has 0 bridgehead atoms. The van der Waals surface area contributed by atoms with Crippen LogP contribution in [0.25, 0.3) is 0 Å². The number of carbonyl (C=O) groups is 3. The summed E-state index contributed by atoms with van der Waals surface area (Å²) >= 11 is 0. The van der Waals surface area contributed by atoms with Crippen molar-refractivity contribution in [2.24, 2.45) is 5.92 Å². The van der Waals surface area contributed by atoms with Crippen molar-refractivity contribution < 1.29 is 23.9 Å². The largest absolute Gasteiger partial charge is 0.481 e. The summed E-state index contributed by atoms with van der Waals surface area (Å²) in [4.78, 5) is 35.3. The number of nitrogens with one attached hydrogen (secondary N) is 2. The fourth-order valence-electron chi connectivity index (χ4n) is 3.44. The second kappa shape index (κ2) is 9.99. The number of hydrogen-bond donors (Lipinski definition) is 3. The molecule has 1 heterocycles. The molecule has 26 heavy (non-hydrogen) atoms. The van der Waals surface area contributed by atoms with Crippen molar-refractivity contribution in [2.75, 3.05) is 0 Å². The third-order valence-electron chi connectivity index (χ3n) is 4.88. The summed E-state index contributed by atoms with van der Waals surface area (Å²) < 4.78 is 5.01. The lowest BCUT2D eigenvalue weighted by Gasteiger charge is -2.28. The third kappa shape index (κ3) is 6.54. The van der Waals surface area contributed by atoms with Gasteiger partial charge in [-0.25, -0.2) is 0 Å². The number of carbonyl (C=O) groups excluding carboxylic acids is 2. The van der Waals surface area contributed by atoms with E-state index in [1.165, 1.54) is 31.6 Å². The Balaban J connectivity index is 1.88. The van der Waals surface area contributed by atoms with E-state index in [1.54, 1.807) is 13.0 Å². The van der Waals surface area contributed by atoms with Gasteiger partial charge in [0.2, 0.25) is 5.91 Å². The predicted octanol–water partition coefficient (Wildman–Crippen LogP) is 2.72. The molecule has 2 amide bonds. The summed E-state index contributed by atoms with van der Waals surface area (Å²) in [5.74, 6) is -0.958. The minimum absolute atomic E-state index is 0.0187. The predicted molar refractivity (Wildman–Crippen MR) is 95.6 cm³/mol. The van der Waals surface area contributed by atoms with E-state index in [1.807, 2.05) is 0 Å². The van der Waals surface area contributed by atoms with E-state index in [0.717, 1.165) is 19.3 Å². The highest BCUT2D eigenvalue weighted by molar-refractivity contribution is 5.95. The molecule has 2 rings (SSSR count). The first-order chi connectivity index (χ1) is 12.5. The summed E-state index contributed by atoms with van der Waals surface area (Å²) in [6, 6.07) is 2.21. The van der Waals surface area contributed by atoms with Gasteiger partial charge in [-0.1, -0.05) is 32.1 Å². The Morgan fingerprint density at radius 1 is 1.23 bits per heavy atom. The molecule has 0 saturated heterocycles. The lowest BCUT2D eigenvalue weighted by atomic mass is 9.84. The maximum Gasteiger partial charge on any atom is 0.303 e. The highest BCUT2D eigenvalue weighted by atomic mass is 16.4. The van der Waals surface area contributed by atoms with Gasteiger partial charge in [0.25, 0.3) is 5.91 Å². The van der Waals surface area contributed by atoms with E-state index in [2.05, 4.69) is 10.6 Å². The zero-order valence-corrected chi connectivity index (χ0v) is 15.2. The number of carboxylic acids is 1. The number of aliphatic carboxylic acids is 1. The van der Waals surface area contributed by atoms with Crippen LogP contribution in [0.5, 0.6) is 0 Å². The van der Waals surface area contributed by atoms with Gasteiger partial charge in [-0.15, -0.1) is 0 Å². The lowest BCUT2D eigenvalue weighted by Crippen LogP contribution is -2.48. The Morgan fingerprint density at radius 2 is 1.96 bits per heavy atom. The third-order valence-corrected chi connectivity index (χ3v) is 4.88. The number of carboxylic acid groups (broad SMARTS) is 1. The molecule has 0 spiro atoms. The van der Waals surface area contributed by atoms with Crippen molar-refractivity contribution in [1.29, 1.82) is 0 Å². The molecule has 0 aliphatic heterocycles. The molecule has 1 aromatic rings. The molecule has 7 heteroatoms. The van der Waals surface area contributed by atoms with Crippen LogP contribution in [0.15, 0.2) is 22.8 Å². The standard InChI is InChI=1S/C19H28N2O5/c1-13(20-19(25)16-8-5-11-26-16)18(24)21-15(9-10-17(22)23)12-14-6-3-2-4-7-14/h5,8,11,13-15H,2-4,6-7,9-10,12H2,1H3,(H,20,25)(H,21,24)(H,22,23). The Morgan fingerprint density at radius 3 is 2.58 bits per heavy atom. The average Bonchev–Trinajstić information content (AvgIpc) is 3.15. The number of amides is 2. The van der Waals surface area contributed by atoms with E-state index >= 15 is 0 Å². The lowest BCUT2D eigenvalue weighted by molar-refractivity contribution is -0.137. The van der Waals surface area contributed by atoms with Crippen molar-refractivity contribution in [3.05, 3.63) is 24.2 Å². The maximum absolute atomic E-state index is 12.4. The van der Waals surface area contributed by atoms with Gasteiger partial charge in [-0.3, -0.25) is 14.4 Å². The zero-order chi connectivity index (χ0) is 18.9. The quantitative estimate of drug-likeness (QED) is 0.624. The Bertz CT molecular complexity index is 593. The van der Waals surface area contributed by atoms with Crippen LogP contribution >= 0.6 is 0 Å². The van der Waals surface area contributed by atoms with Crippen LogP contribution in [0.4, 0.5) is 0 Å². The smallest absolute Gasteiger partial charge is 0.303 e. The van der Waals surface area contributed by atoms with Crippen LogP contribution in [-0.4, -0.2) is 35.0 Å². The van der Waals surface area contributed by atoms with E-state index in [4.69, 9.17) is 9.52 Å². The zero-order valence-electron chi connectivity index (χ0n) is 15.2. The first kappa shape index (κ1) is 20.0. The highest BCUT2D eigenvalue weighted by Crippen LogP contribution is 2.28. The van der Waals surface area contributed by atoms with Crippen LogP contribution in [0.3, 0.4) is 0 Å². The van der Waals surface area contributed by atoms with Gasteiger partial charge in [0.05, 0.1) is 6.26 Å². The second-order valence-electron chi connectivity index (χ2n) is 7.05. The molecular weight excluding hydrogens is 336 g/mol. The topological polar surface area (TPSA) is 109 Å². The van der Waals surface area contributed by atoms with Gasteiger partial charge in [0.15, 0.2) is 5.76 Å². The maximum atomic E-state index is 12.4. The first-order valence-electron chi connectivity index (χ1n) is 9.32. The minimum atomic E-state index is -0.868. The van der Waals surface area contributed by atoms with E-state index in [9.17, 15) is 14.4 Å². The molecule has 7 nitrogen and oxygen atoms in total. The molecule has 2 atom stereocenters. The molecule has 0 aromatic carbocycles. The Labute approximate surface area is 153 Å². The molecule has 3 N–H and O–H groups in total. The van der Waals surface area contributed by atoms with Crippen molar-refractivity contribution in [2.45, 2.75) is 70.4 Å². The summed E-state index contributed by atoms with van der Waals surface area (Å²) in [6.45, 7) is 1.60. The molecule has 1 aromatic heterocycles. The Kier molecular flexibility index (Phi) is 7.69. The fourth-order valence-corrected chi connectivity index (χ4v) is 3.44. The van der Waals surface area contributed by atoms with Gasteiger partial charge in [-0.05, 0) is 37.8 Å². The summed E-state index contributed by atoms with van der Waals surface area (Å²) in [5, 5.41) is 14.5. The number of rotatable bonds is 9. The van der Waals surface area contributed by atoms with Crippen LogP contribution in [0.2, 0.25) is 0 Å². The van der Waals surface area contributed by atoms with E-state index < -0.39 is 17.9 Å². The Hall–Kier alpha value is -2.31. The molecule has 1 aliphatic carbocycles. The van der Waals surface area contributed by atoms with Crippen LogP contribution < -0.4 is 10.6 Å². The van der Waals surface area contributed by atoms with Crippen LogP contribution in [0.1, 0.15) is 68.8 Å². The van der Waals surface area contributed by atoms with Gasteiger partial charge < -0.3 is 20.2 Å². The van der Waals surface area contributed by atoms with E-state index in [-0.39, 0.29) is 24.1 Å². The minimum Gasteiger partial charge on any atom is -0.481 e. The summed E-state index contributed by atoms with van der Waals surface area (Å²) in [5.41, 5.74) is 0. The molecular formula is C19H28N2O5. The number of hydrogen-bond acceptors (Lipinski definition) is 4. The normalized spacial score (nSPS) is 17.3. The monoisotopic (exact) mass is 364 g/mol. The van der Waals surface area contributed by atoms with E-state index in [0.29, 0.717) is 12.3 Å². The second-order valence-corrected chi connectivity index (χ2v) is 7.05. The molecule has 1 saturated carbocycles. The molecule has 2 unspecified atom stereocenters. The van der Waals surface area contributed by atoms with Gasteiger partial charge in [0, 0.05) is 12.5 Å². The van der Waals surface area contributed by atoms with Gasteiger partial charge >= 0.3 is 5.97 Å². The average molecular weight is 364 g/mol. The van der Waals surface area contributed by atoms with Gasteiger partial charge in [-0.2, -0.15) is 0 Å². The summed E-state index contributed by atoms with van der Waals surface area (Å²) in [7, 11) is 0. The molecule has 0 radical (unpaired) electrons. The van der Waals surface area contributed by atoms with Crippen LogP contribution in [-0.2, 0) is 9.59 Å². The number of furan rings is 1. The van der Waals surface area contributed by atoms with Gasteiger partial charge in [0.1, 0.15) is 6.04 Å². The molecule has 1 fully saturated rings. The highest BCUT2D eigenvalue weighted by Gasteiger charge is 2.24. The fraction of sp³-hybridized carbons (Fsp3) is 0.632. The van der Waals surface area contributed by atoms with Crippen molar-refractivity contribution in [3.63, 3.8) is 0 Å². The van der Waals surface area contributed by atoms with Crippen molar-refractivity contribution in [3.8, 4) is 0 Å². The van der Waals surface area contributed by atoms with Crippen molar-refractivity contribution in [1.82, 2.24) is 10.6 Å². The summed E-state index contributed by atoms with van der Waals surface area (Å²) in [6.07, 6.45) is 8.50. The molecule has 144 valence electrons. The first-order valence-corrected chi connectivity index (χ1v) is 9.32. The molecule has 1 aliphatic rings. The van der Waals surface area contributed by atoms with Crippen molar-refractivity contribution >= 4 is 17.8 Å². The SMILES string of the molecule is CC(NC(=O)c1ccco1)C(=O)NC(CCC(=O)O)CC1CCCCC1.